The van der Waals surface area contributed by atoms with Crippen LogP contribution in [0.4, 0.5) is 0 Å². The summed E-state index contributed by atoms with van der Waals surface area (Å²) < 4.78 is 0. The molecule has 0 heterocycles. The summed E-state index contributed by atoms with van der Waals surface area (Å²) in [5.74, 6) is 0. The van der Waals surface area contributed by atoms with Crippen LogP contribution in [0.3, 0.4) is 0 Å². The third-order valence-corrected chi connectivity index (χ3v) is 1.18. The zero-order valence-electron chi connectivity index (χ0n) is 3.94. The van der Waals surface area contributed by atoms with Crippen molar-refractivity contribution in [3.05, 3.63) is 23.3 Å². The van der Waals surface area contributed by atoms with Gasteiger partial charge in [-0.3, -0.25) is 0 Å². The first-order chi connectivity index (χ1) is 3.29. The first-order valence-electron chi connectivity index (χ1n) is 1.90. The molecule has 0 aliphatic heterocycles. The average molecular weight is 185 g/mol. The van der Waals surface area contributed by atoms with Crippen LogP contribution in [0, 0.1) is 6.08 Å². The molecular formula is C5H3Cl2V-. The molecule has 3 heteroatoms. The van der Waals surface area contributed by atoms with Crippen LogP contribution in [0.25, 0.3) is 0 Å². The van der Waals surface area contributed by atoms with Gasteiger partial charge < -0.3 is 0 Å². The Morgan fingerprint density at radius 2 is 2.25 bits per heavy atom. The molecule has 0 saturated heterocycles. The largest absolute Gasteiger partial charge is 0.235 e. The van der Waals surface area contributed by atoms with E-state index >= 15 is 0 Å². The van der Waals surface area contributed by atoms with Crippen LogP contribution in [0.5, 0.6) is 0 Å². The molecule has 0 nitrogen and oxygen atoms in total. The zero-order chi connectivity index (χ0) is 5.28. The molecule has 1 radical (unpaired) electrons. The van der Waals surface area contributed by atoms with Gasteiger partial charge in [-0.2, -0.15) is 12.2 Å². The minimum absolute atomic E-state index is 0. The van der Waals surface area contributed by atoms with Gasteiger partial charge in [0, 0.05) is 18.6 Å². The summed E-state index contributed by atoms with van der Waals surface area (Å²) in [6, 6.07) is 0. The van der Waals surface area contributed by atoms with E-state index in [-0.39, 0.29) is 23.9 Å². The van der Waals surface area contributed by atoms with Crippen LogP contribution in [0.2, 0.25) is 0 Å². The van der Waals surface area contributed by atoms with E-state index in [1.807, 2.05) is 0 Å². The predicted molar refractivity (Wildman–Crippen MR) is 31.4 cm³/mol. The average Bonchev–Trinajstić information content (AvgIpc) is 1.87. The fraction of sp³-hybridized carbons (Fsp3) is 0.200. The summed E-state index contributed by atoms with van der Waals surface area (Å²) in [5, 5.41) is 0.507. The van der Waals surface area contributed by atoms with Crippen molar-refractivity contribution in [3.63, 3.8) is 0 Å². The van der Waals surface area contributed by atoms with E-state index in [1.54, 1.807) is 12.2 Å². The molecule has 0 amide bonds. The van der Waals surface area contributed by atoms with Gasteiger partial charge in [-0.05, 0) is 5.38 Å². The van der Waals surface area contributed by atoms with E-state index in [1.165, 1.54) is 0 Å². The molecule has 43 valence electrons. The van der Waals surface area contributed by atoms with Crippen molar-refractivity contribution in [3.8, 4) is 0 Å². The van der Waals surface area contributed by atoms with Crippen LogP contribution < -0.4 is 0 Å². The first-order valence-corrected chi connectivity index (χ1v) is 2.72. The Morgan fingerprint density at radius 1 is 1.62 bits per heavy atom. The fourth-order valence-corrected chi connectivity index (χ4v) is 0.833. The summed E-state index contributed by atoms with van der Waals surface area (Å²) >= 11 is 10.9. The van der Waals surface area contributed by atoms with Crippen molar-refractivity contribution in [2.45, 2.75) is 5.38 Å². The molecule has 0 N–H and O–H groups in total. The molecular weight excluding hydrogens is 182 g/mol. The molecule has 0 bridgehead atoms. The van der Waals surface area contributed by atoms with Crippen LogP contribution in [-0.4, -0.2) is 5.38 Å². The molecule has 1 rings (SSSR count). The minimum atomic E-state index is -0.104. The van der Waals surface area contributed by atoms with Gasteiger partial charge in [-0.1, -0.05) is 0 Å². The molecule has 1 atom stereocenters. The fourth-order valence-electron chi connectivity index (χ4n) is 0.397. The molecule has 1 aliphatic carbocycles. The number of halogens is 2. The van der Waals surface area contributed by atoms with E-state index in [0.29, 0.717) is 5.03 Å². The maximum absolute atomic E-state index is 5.50. The van der Waals surface area contributed by atoms with Crippen LogP contribution in [-0.2, 0) is 18.6 Å². The minimum Gasteiger partial charge on any atom is -0.235 e. The van der Waals surface area contributed by atoms with Gasteiger partial charge in [-0.15, -0.1) is 28.2 Å². The molecule has 0 spiro atoms. The second-order valence-electron chi connectivity index (χ2n) is 1.25. The van der Waals surface area contributed by atoms with Crippen molar-refractivity contribution in [2.24, 2.45) is 0 Å². The molecule has 1 unspecified atom stereocenters. The van der Waals surface area contributed by atoms with Crippen LogP contribution in [0.15, 0.2) is 17.2 Å². The molecule has 0 aromatic carbocycles. The first kappa shape index (κ1) is 8.64. The summed E-state index contributed by atoms with van der Waals surface area (Å²) in [5.41, 5.74) is 0. The normalized spacial score (nSPS) is 24.8. The van der Waals surface area contributed by atoms with Crippen LogP contribution in [0.1, 0.15) is 0 Å². The third kappa shape index (κ3) is 2.28. The molecule has 0 aromatic rings. The molecule has 1 aliphatic rings. The molecule has 0 saturated carbocycles. The van der Waals surface area contributed by atoms with E-state index in [2.05, 4.69) is 6.08 Å². The maximum Gasteiger partial charge on any atom is 0 e. The Kier molecular flexibility index (Phi) is 3.92. The SMILES string of the molecule is ClC1=[C-]C(Cl)C=C1.[V]. The summed E-state index contributed by atoms with van der Waals surface area (Å²) in [4.78, 5) is 0. The number of rotatable bonds is 0. The van der Waals surface area contributed by atoms with E-state index in [4.69, 9.17) is 23.2 Å². The quantitative estimate of drug-likeness (QED) is 0.400. The van der Waals surface area contributed by atoms with Gasteiger partial charge in [0.25, 0.3) is 0 Å². The Balaban J connectivity index is 0.000000490. The second-order valence-corrected chi connectivity index (χ2v) is 2.13. The molecule has 0 fully saturated rings. The Hall–Kier alpha value is 0.644. The number of hydrogen-bond donors (Lipinski definition) is 0. The van der Waals surface area contributed by atoms with E-state index in [9.17, 15) is 0 Å². The van der Waals surface area contributed by atoms with Crippen molar-refractivity contribution in [1.29, 1.82) is 0 Å². The van der Waals surface area contributed by atoms with Crippen LogP contribution >= 0.6 is 23.2 Å². The Labute approximate surface area is 70.4 Å². The number of hydrogen-bond acceptors (Lipinski definition) is 0. The zero-order valence-corrected chi connectivity index (χ0v) is 6.84. The van der Waals surface area contributed by atoms with Gasteiger partial charge in [0.15, 0.2) is 0 Å². The van der Waals surface area contributed by atoms with Gasteiger partial charge in [-0.25, -0.2) is 6.08 Å². The van der Waals surface area contributed by atoms with Crippen molar-refractivity contribution in [2.75, 3.05) is 0 Å². The van der Waals surface area contributed by atoms with Crippen molar-refractivity contribution >= 4 is 23.2 Å². The summed E-state index contributed by atoms with van der Waals surface area (Å²) in [6.45, 7) is 0. The predicted octanol–water partition coefficient (Wildman–Crippen LogP) is 2.09. The summed E-state index contributed by atoms with van der Waals surface area (Å²) in [6.07, 6.45) is 6.27. The van der Waals surface area contributed by atoms with E-state index < -0.39 is 0 Å². The van der Waals surface area contributed by atoms with Crippen molar-refractivity contribution < 1.29 is 18.6 Å². The van der Waals surface area contributed by atoms with Gasteiger partial charge in [0.2, 0.25) is 0 Å². The molecule has 8 heavy (non-hydrogen) atoms. The monoisotopic (exact) mass is 184 g/mol. The Morgan fingerprint density at radius 3 is 2.38 bits per heavy atom. The maximum atomic E-state index is 5.50. The second kappa shape index (κ2) is 3.63. The standard InChI is InChI=1S/C5H3Cl2.V/c6-4-1-2-5(7)3-4;/h1-2,4H;/q-1;. The smallest absolute Gasteiger partial charge is 0 e. The van der Waals surface area contributed by atoms with Gasteiger partial charge in [0.05, 0.1) is 0 Å². The third-order valence-electron chi connectivity index (χ3n) is 0.687. The van der Waals surface area contributed by atoms with Gasteiger partial charge >= 0.3 is 0 Å². The van der Waals surface area contributed by atoms with E-state index in [0.717, 1.165) is 0 Å². The topological polar surface area (TPSA) is 0 Å². The summed E-state index contributed by atoms with van der Waals surface area (Å²) in [7, 11) is 0. The Bertz CT molecular complexity index is 128. The molecule has 0 aromatic heterocycles. The van der Waals surface area contributed by atoms with Gasteiger partial charge in [0.1, 0.15) is 0 Å². The number of alkyl halides is 1. The van der Waals surface area contributed by atoms with Crippen molar-refractivity contribution in [1.82, 2.24) is 0 Å². The number of allylic oxidation sites excluding steroid dienone is 4.